The molecule has 0 saturated carbocycles. The number of amides is 1. The van der Waals surface area contributed by atoms with E-state index in [4.69, 9.17) is 5.11 Å². The van der Waals surface area contributed by atoms with Crippen molar-refractivity contribution in [2.45, 2.75) is 26.2 Å². The second kappa shape index (κ2) is 5.30. The topological polar surface area (TPSA) is 66.4 Å². The third-order valence-corrected chi connectivity index (χ3v) is 2.55. The first-order chi connectivity index (χ1) is 7.56. The summed E-state index contributed by atoms with van der Waals surface area (Å²) in [6.07, 6.45) is 0.931. The number of anilines is 1. The number of para-hydroxylation sites is 1. The van der Waals surface area contributed by atoms with E-state index in [-0.39, 0.29) is 5.92 Å². The SMILES string of the molecule is CC[C@H](C)c1ccccc1NC(=O)C(=O)O. The number of carbonyl (C=O) groups excluding carboxylic acids is 1. The van der Waals surface area contributed by atoms with Crippen molar-refractivity contribution < 1.29 is 14.7 Å². The van der Waals surface area contributed by atoms with Crippen molar-refractivity contribution in [1.82, 2.24) is 0 Å². The minimum Gasteiger partial charge on any atom is -0.474 e. The standard InChI is InChI=1S/C12H15NO3/c1-3-8(2)9-6-4-5-7-10(9)13-11(14)12(15)16/h4-8H,3H2,1-2H3,(H,13,14)(H,15,16)/t8-/m0/s1. The van der Waals surface area contributed by atoms with Gasteiger partial charge in [0, 0.05) is 5.69 Å². The van der Waals surface area contributed by atoms with Crippen molar-refractivity contribution in [1.29, 1.82) is 0 Å². The Morgan fingerprint density at radius 2 is 2.00 bits per heavy atom. The lowest BCUT2D eigenvalue weighted by Crippen LogP contribution is -2.22. The molecule has 1 amide bonds. The van der Waals surface area contributed by atoms with Crippen LogP contribution in [-0.2, 0) is 9.59 Å². The molecule has 1 aromatic rings. The maximum absolute atomic E-state index is 11.1. The van der Waals surface area contributed by atoms with E-state index in [9.17, 15) is 9.59 Å². The molecule has 0 radical (unpaired) electrons. The predicted molar refractivity (Wildman–Crippen MR) is 61.4 cm³/mol. The molecule has 0 spiro atoms. The molecule has 4 heteroatoms. The third kappa shape index (κ3) is 2.82. The van der Waals surface area contributed by atoms with Gasteiger partial charge in [0.15, 0.2) is 0 Å². The van der Waals surface area contributed by atoms with E-state index < -0.39 is 11.9 Å². The molecule has 0 heterocycles. The molecular formula is C12H15NO3. The Balaban J connectivity index is 2.95. The smallest absolute Gasteiger partial charge is 0.394 e. The zero-order valence-corrected chi connectivity index (χ0v) is 9.36. The van der Waals surface area contributed by atoms with Gasteiger partial charge in [0.25, 0.3) is 0 Å². The molecule has 1 rings (SSSR count). The highest BCUT2D eigenvalue weighted by atomic mass is 16.4. The predicted octanol–water partition coefficient (Wildman–Crippen LogP) is 2.22. The van der Waals surface area contributed by atoms with E-state index in [2.05, 4.69) is 5.32 Å². The molecular weight excluding hydrogens is 206 g/mol. The Bertz CT molecular complexity index is 401. The molecule has 1 atom stereocenters. The second-order valence-corrected chi connectivity index (χ2v) is 3.66. The summed E-state index contributed by atoms with van der Waals surface area (Å²) in [7, 11) is 0. The highest BCUT2D eigenvalue weighted by Crippen LogP contribution is 2.26. The van der Waals surface area contributed by atoms with E-state index in [0.29, 0.717) is 5.69 Å². The van der Waals surface area contributed by atoms with Crippen molar-refractivity contribution in [2.75, 3.05) is 5.32 Å². The molecule has 1 aromatic carbocycles. The fraction of sp³-hybridized carbons (Fsp3) is 0.333. The van der Waals surface area contributed by atoms with E-state index >= 15 is 0 Å². The molecule has 0 aliphatic heterocycles. The summed E-state index contributed by atoms with van der Waals surface area (Å²) in [5.74, 6) is -2.19. The Kier molecular flexibility index (Phi) is 4.05. The quantitative estimate of drug-likeness (QED) is 0.769. The monoisotopic (exact) mass is 221 g/mol. The zero-order chi connectivity index (χ0) is 12.1. The Morgan fingerprint density at radius 3 is 2.56 bits per heavy atom. The third-order valence-electron chi connectivity index (χ3n) is 2.55. The first-order valence-electron chi connectivity index (χ1n) is 5.19. The van der Waals surface area contributed by atoms with Gasteiger partial charge in [0.05, 0.1) is 0 Å². The maximum Gasteiger partial charge on any atom is 0.394 e. The van der Waals surface area contributed by atoms with Crippen LogP contribution in [0.1, 0.15) is 31.7 Å². The van der Waals surface area contributed by atoms with Gasteiger partial charge in [-0.05, 0) is 24.0 Å². The number of aliphatic carboxylic acids is 1. The van der Waals surface area contributed by atoms with Crippen molar-refractivity contribution in [2.24, 2.45) is 0 Å². The summed E-state index contributed by atoms with van der Waals surface area (Å²) in [6.45, 7) is 4.08. The Hall–Kier alpha value is -1.84. The van der Waals surface area contributed by atoms with Crippen LogP contribution in [0.25, 0.3) is 0 Å². The number of nitrogens with one attached hydrogen (secondary N) is 1. The molecule has 0 aliphatic rings. The average Bonchev–Trinajstić information content (AvgIpc) is 2.28. The Labute approximate surface area is 94.3 Å². The van der Waals surface area contributed by atoms with Gasteiger partial charge in [-0.3, -0.25) is 4.79 Å². The lowest BCUT2D eigenvalue weighted by Gasteiger charge is -2.14. The lowest BCUT2D eigenvalue weighted by molar-refractivity contribution is -0.147. The number of carbonyl (C=O) groups is 2. The molecule has 0 unspecified atom stereocenters. The number of hydrogen-bond acceptors (Lipinski definition) is 2. The normalized spacial score (nSPS) is 11.9. The number of carboxylic acids is 1. The van der Waals surface area contributed by atoms with Crippen LogP contribution in [-0.4, -0.2) is 17.0 Å². The molecule has 0 aliphatic carbocycles. The van der Waals surface area contributed by atoms with E-state index in [1.54, 1.807) is 12.1 Å². The summed E-state index contributed by atoms with van der Waals surface area (Å²) in [5, 5.41) is 10.9. The van der Waals surface area contributed by atoms with Crippen LogP contribution in [0.2, 0.25) is 0 Å². The van der Waals surface area contributed by atoms with Crippen LogP contribution in [0.3, 0.4) is 0 Å². The van der Waals surface area contributed by atoms with Gasteiger partial charge in [-0.2, -0.15) is 0 Å². The molecule has 0 bridgehead atoms. The fourth-order valence-corrected chi connectivity index (χ4v) is 1.44. The highest BCUT2D eigenvalue weighted by Gasteiger charge is 2.15. The first-order valence-corrected chi connectivity index (χ1v) is 5.19. The van der Waals surface area contributed by atoms with Gasteiger partial charge in [-0.15, -0.1) is 0 Å². The van der Waals surface area contributed by atoms with Gasteiger partial charge in [-0.1, -0.05) is 32.0 Å². The van der Waals surface area contributed by atoms with Crippen LogP contribution < -0.4 is 5.32 Å². The van der Waals surface area contributed by atoms with Crippen LogP contribution in [0, 0.1) is 0 Å². The average molecular weight is 221 g/mol. The second-order valence-electron chi connectivity index (χ2n) is 3.66. The van der Waals surface area contributed by atoms with Gasteiger partial charge >= 0.3 is 11.9 Å². The van der Waals surface area contributed by atoms with Crippen molar-refractivity contribution >= 4 is 17.6 Å². The number of carboxylic acid groups (broad SMARTS) is 1. The van der Waals surface area contributed by atoms with Crippen LogP contribution in [0.5, 0.6) is 0 Å². The molecule has 4 nitrogen and oxygen atoms in total. The summed E-state index contributed by atoms with van der Waals surface area (Å²) in [5.41, 5.74) is 1.53. The molecule has 0 aromatic heterocycles. The zero-order valence-electron chi connectivity index (χ0n) is 9.36. The van der Waals surface area contributed by atoms with Crippen LogP contribution >= 0.6 is 0 Å². The van der Waals surface area contributed by atoms with E-state index in [0.717, 1.165) is 12.0 Å². The van der Waals surface area contributed by atoms with Gasteiger partial charge in [-0.25, -0.2) is 4.79 Å². The number of rotatable bonds is 3. The molecule has 16 heavy (non-hydrogen) atoms. The molecule has 0 fully saturated rings. The van der Waals surface area contributed by atoms with Gasteiger partial charge in [0.1, 0.15) is 0 Å². The highest BCUT2D eigenvalue weighted by molar-refractivity contribution is 6.36. The van der Waals surface area contributed by atoms with Gasteiger partial charge in [0.2, 0.25) is 0 Å². The first kappa shape index (κ1) is 12.2. The maximum atomic E-state index is 11.1. The van der Waals surface area contributed by atoms with Crippen LogP contribution in [0.15, 0.2) is 24.3 Å². The largest absolute Gasteiger partial charge is 0.474 e. The van der Waals surface area contributed by atoms with Crippen molar-refractivity contribution in [3.05, 3.63) is 29.8 Å². The fourth-order valence-electron chi connectivity index (χ4n) is 1.44. The minimum absolute atomic E-state index is 0.283. The van der Waals surface area contributed by atoms with Crippen molar-refractivity contribution in [3.63, 3.8) is 0 Å². The van der Waals surface area contributed by atoms with Crippen molar-refractivity contribution in [3.8, 4) is 0 Å². The van der Waals surface area contributed by atoms with Gasteiger partial charge < -0.3 is 10.4 Å². The summed E-state index contributed by atoms with van der Waals surface area (Å²) < 4.78 is 0. The summed E-state index contributed by atoms with van der Waals surface area (Å²) >= 11 is 0. The minimum atomic E-state index is -1.47. The summed E-state index contributed by atoms with van der Waals surface area (Å²) in [4.78, 5) is 21.5. The molecule has 0 saturated heterocycles. The van der Waals surface area contributed by atoms with Crippen LogP contribution in [0.4, 0.5) is 5.69 Å². The van der Waals surface area contributed by atoms with E-state index in [1.807, 2.05) is 26.0 Å². The Morgan fingerprint density at radius 1 is 1.38 bits per heavy atom. The molecule has 2 N–H and O–H groups in total. The number of benzene rings is 1. The lowest BCUT2D eigenvalue weighted by atomic mass is 9.97. The summed E-state index contributed by atoms with van der Waals surface area (Å²) in [6, 6.07) is 7.25. The molecule has 86 valence electrons. The van der Waals surface area contributed by atoms with E-state index in [1.165, 1.54) is 0 Å². The number of hydrogen-bond donors (Lipinski definition) is 2.